The molecule has 0 bridgehead atoms. The quantitative estimate of drug-likeness (QED) is 0.0261. The molecule has 6 nitrogen and oxygen atoms in total. The first kappa shape index (κ1) is 68.3. The van der Waals surface area contributed by atoms with Crippen LogP contribution in [0, 0.1) is 0 Å². The summed E-state index contributed by atoms with van der Waals surface area (Å²) in [5.41, 5.74) is 0. The largest absolute Gasteiger partial charge is 0.462 e. The first-order valence-electron chi connectivity index (χ1n) is 29.3. The molecule has 0 aliphatic rings. The Kier molecular flexibility index (Phi) is 56.0. The van der Waals surface area contributed by atoms with E-state index in [-0.39, 0.29) is 37.5 Å². The summed E-state index contributed by atoms with van der Waals surface area (Å²) in [7, 11) is 0. The monoisotopic (exact) mass is 1010 g/mol. The van der Waals surface area contributed by atoms with Crippen LogP contribution in [0.25, 0.3) is 0 Å². The molecule has 0 aliphatic carbocycles. The van der Waals surface area contributed by atoms with Crippen LogP contribution in [-0.4, -0.2) is 37.2 Å². The van der Waals surface area contributed by atoms with Crippen molar-refractivity contribution in [3.05, 3.63) is 146 Å². The lowest BCUT2D eigenvalue weighted by Gasteiger charge is -2.18. The number of esters is 3. The summed E-state index contributed by atoms with van der Waals surface area (Å²) in [6.07, 6.45) is 85.4. The molecule has 0 spiro atoms. The van der Waals surface area contributed by atoms with Crippen LogP contribution in [0.1, 0.15) is 239 Å². The third kappa shape index (κ3) is 58.1. The molecule has 0 rings (SSSR count). The highest BCUT2D eigenvalue weighted by Crippen LogP contribution is 2.12. The highest BCUT2D eigenvalue weighted by molar-refractivity contribution is 5.71. The van der Waals surface area contributed by atoms with Gasteiger partial charge in [-0.25, -0.2) is 0 Å². The molecule has 0 N–H and O–H groups in total. The Bertz CT molecular complexity index is 1630. The zero-order valence-electron chi connectivity index (χ0n) is 46.8. The summed E-state index contributed by atoms with van der Waals surface area (Å²) in [6, 6.07) is 0. The Labute approximate surface area is 448 Å². The van der Waals surface area contributed by atoms with Crippen molar-refractivity contribution in [1.29, 1.82) is 0 Å². The van der Waals surface area contributed by atoms with Crippen molar-refractivity contribution in [2.24, 2.45) is 0 Å². The van der Waals surface area contributed by atoms with Crippen molar-refractivity contribution in [2.45, 2.75) is 245 Å². The zero-order chi connectivity index (χ0) is 52.9. The minimum atomic E-state index is -0.826. The van der Waals surface area contributed by atoms with Gasteiger partial charge in [-0.05, 0) is 148 Å². The number of carbonyl (C=O) groups excluding carboxylic acids is 3. The van der Waals surface area contributed by atoms with Gasteiger partial charge in [0.05, 0.1) is 0 Å². The van der Waals surface area contributed by atoms with Crippen molar-refractivity contribution in [1.82, 2.24) is 0 Å². The predicted octanol–water partition coefficient (Wildman–Crippen LogP) is 20.0. The fourth-order valence-electron chi connectivity index (χ4n) is 7.40. The van der Waals surface area contributed by atoms with E-state index in [9.17, 15) is 14.4 Å². The molecule has 0 radical (unpaired) electrons. The molecule has 1 atom stereocenters. The lowest BCUT2D eigenvalue weighted by molar-refractivity contribution is -0.167. The number of hydrogen-bond donors (Lipinski definition) is 0. The van der Waals surface area contributed by atoms with E-state index in [0.29, 0.717) is 19.3 Å². The fraction of sp³-hybridized carbons (Fsp3) is 0.597. The van der Waals surface area contributed by atoms with Crippen LogP contribution in [0.2, 0.25) is 0 Å². The third-order valence-corrected chi connectivity index (χ3v) is 11.8. The maximum Gasteiger partial charge on any atom is 0.306 e. The Balaban J connectivity index is 4.59. The van der Waals surface area contributed by atoms with Gasteiger partial charge in [0.1, 0.15) is 13.2 Å². The molecule has 0 heterocycles. The Morgan fingerprint density at radius 2 is 0.534 bits per heavy atom. The van der Waals surface area contributed by atoms with E-state index < -0.39 is 6.10 Å². The van der Waals surface area contributed by atoms with Crippen molar-refractivity contribution in [2.75, 3.05) is 13.2 Å². The molecular formula is C67H106O6. The Morgan fingerprint density at radius 3 is 0.836 bits per heavy atom. The van der Waals surface area contributed by atoms with Crippen LogP contribution >= 0.6 is 0 Å². The molecule has 0 aliphatic heterocycles. The normalized spacial score (nSPS) is 13.2. The topological polar surface area (TPSA) is 78.9 Å². The first-order valence-corrected chi connectivity index (χ1v) is 29.3. The fourth-order valence-corrected chi connectivity index (χ4v) is 7.40. The summed E-state index contributed by atoms with van der Waals surface area (Å²) < 4.78 is 16.8. The minimum Gasteiger partial charge on any atom is -0.462 e. The SMILES string of the molecule is CC/C=C\C/C=C\C/C=C\C/C=C\C/C=C\CCCCCC(=O)O[C@H](COC(=O)CCCCC/C=C\C/C=C\C/C=C\C/C=C\CCCCC)COC(=O)CCCCCC/C=C\C/C=C\C/C=C\CCCCC. The van der Waals surface area contributed by atoms with Crippen LogP contribution in [0.15, 0.2) is 146 Å². The van der Waals surface area contributed by atoms with E-state index in [4.69, 9.17) is 14.2 Å². The molecule has 6 heteroatoms. The van der Waals surface area contributed by atoms with Gasteiger partial charge in [-0.2, -0.15) is 0 Å². The minimum absolute atomic E-state index is 0.120. The van der Waals surface area contributed by atoms with Gasteiger partial charge in [0, 0.05) is 19.3 Å². The summed E-state index contributed by atoms with van der Waals surface area (Å²) >= 11 is 0. The van der Waals surface area contributed by atoms with E-state index in [1.807, 2.05) is 0 Å². The molecule has 0 aromatic heterocycles. The molecule has 0 aromatic rings. The summed E-state index contributed by atoms with van der Waals surface area (Å²) in [5, 5.41) is 0. The average molecular weight is 1010 g/mol. The molecule has 0 aromatic carbocycles. The van der Waals surface area contributed by atoms with Gasteiger partial charge >= 0.3 is 17.9 Å². The van der Waals surface area contributed by atoms with E-state index in [1.165, 1.54) is 51.4 Å². The van der Waals surface area contributed by atoms with Crippen LogP contribution in [0.4, 0.5) is 0 Å². The number of rotatable bonds is 51. The second-order valence-corrected chi connectivity index (χ2v) is 18.8. The van der Waals surface area contributed by atoms with Crippen LogP contribution in [0.5, 0.6) is 0 Å². The maximum absolute atomic E-state index is 12.9. The number of ether oxygens (including phenoxy) is 3. The van der Waals surface area contributed by atoms with Gasteiger partial charge in [-0.15, -0.1) is 0 Å². The number of unbranched alkanes of at least 4 members (excludes halogenated alkanes) is 16. The molecular weight excluding hydrogens is 901 g/mol. The van der Waals surface area contributed by atoms with Gasteiger partial charge in [0.25, 0.3) is 0 Å². The van der Waals surface area contributed by atoms with Gasteiger partial charge in [0.2, 0.25) is 0 Å². The van der Waals surface area contributed by atoms with Crippen molar-refractivity contribution < 1.29 is 28.6 Å². The summed E-state index contributed by atoms with van der Waals surface area (Å²) in [6.45, 7) is 6.38. The van der Waals surface area contributed by atoms with E-state index in [0.717, 1.165) is 141 Å². The van der Waals surface area contributed by atoms with E-state index >= 15 is 0 Å². The third-order valence-electron chi connectivity index (χ3n) is 11.8. The average Bonchev–Trinajstić information content (AvgIpc) is 3.39. The highest BCUT2D eigenvalue weighted by Gasteiger charge is 2.19. The van der Waals surface area contributed by atoms with Gasteiger partial charge < -0.3 is 14.2 Å². The Hall–Kier alpha value is -4.71. The predicted molar refractivity (Wildman–Crippen MR) is 315 cm³/mol. The Morgan fingerprint density at radius 1 is 0.288 bits per heavy atom. The zero-order valence-corrected chi connectivity index (χ0v) is 46.8. The second-order valence-electron chi connectivity index (χ2n) is 18.8. The van der Waals surface area contributed by atoms with E-state index in [2.05, 4.69) is 167 Å². The van der Waals surface area contributed by atoms with E-state index in [1.54, 1.807) is 0 Å². The maximum atomic E-state index is 12.9. The lowest BCUT2D eigenvalue weighted by atomic mass is 10.1. The van der Waals surface area contributed by atoms with Gasteiger partial charge in [0.15, 0.2) is 6.10 Å². The summed E-state index contributed by atoms with van der Waals surface area (Å²) in [5.74, 6) is -1.01. The van der Waals surface area contributed by atoms with Crippen molar-refractivity contribution in [3.63, 3.8) is 0 Å². The van der Waals surface area contributed by atoms with Gasteiger partial charge in [-0.3, -0.25) is 14.4 Å². The molecule has 0 saturated carbocycles. The van der Waals surface area contributed by atoms with Crippen LogP contribution in [0.3, 0.4) is 0 Å². The standard InChI is InChI=1S/C67H106O6/c1-4-7-10-13-16-19-22-25-28-31-33-36-39-42-45-48-51-54-57-60-66(69)72-63-64(62-71-65(68)59-56-53-50-47-44-41-38-35-30-27-24-21-18-15-12-9-6-3)73-67(70)61-58-55-52-49-46-43-40-37-34-32-29-26-23-20-17-14-11-8-5-2/h8,11,16-21,25-30,33-34,36-38,41-43,45-46,64H,4-7,9-10,12-15,22-24,31-32,35,39-40,44,47-63H2,1-3H3/b11-8-,19-16-,20-17-,21-18-,28-25-,29-26-,30-27-,36-33-,37-34-,41-38-,45-42-,46-43-/t64-/m0/s1. The number of hydrogen-bond acceptors (Lipinski definition) is 6. The number of carbonyl (C=O) groups is 3. The smallest absolute Gasteiger partial charge is 0.306 e. The van der Waals surface area contributed by atoms with Crippen LogP contribution < -0.4 is 0 Å². The first-order chi connectivity index (χ1) is 36.0. The molecule has 0 unspecified atom stereocenters. The lowest BCUT2D eigenvalue weighted by Crippen LogP contribution is -2.30. The molecule has 0 fully saturated rings. The number of allylic oxidation sites excluding steroid dienone is 24. The van der Waals surface area contributed by atoms with Gasteiger partial charge in [-0.1, -0.05) is 218 Å². The molecule has 0 amide bonds. The van der Waals surface area contributed by atoms with Crippen molar-refractivity contribution in [3.8, 4) is 0 Å². The second kappa shape index (κ2) is 59.8. The highest BCUT2D eigenvalue weighted by atomic mass is 16.6. The molecule has 73 heavy (non-hydrogen) atoms. The molecule has 0 saturated heterocycles. The van der Waals surface area contributed by atoms with Crippen molar-refractivity contribution >= 4 is 17.9 Å². The summed E-state index contributed by atoms with van der Waals surface area (Å²) in [4.78, 5) is 38.2. The van der Waals surface area contributed by atoms with Crippen LogP contribution in [-0.2, 0) is 28.6 Å². The molecule has 410 valence electrons.